The number of hydrogen-bond acceptors (Lipinski definition) is 4. The third-order valence-electron chi connectivity index (χ3n) is 5.79. The van der Waals surface area contributed by atoms with Crippen LogP contribution in [0.5, 0.6) is 0 Å². The zero-order valence-corrected chi connectivity index (χ0v) is 19.1. The average Bonchev–Trinajstić information content (AvgIpc) is 2.74. The molecule has 1 aliphatic rings. The van der Waals surface area contributed by atoms with E-state index >= 15 is 0 Å². The van der Waals surface area contributed by atoms with Gasteiger partial charge < -0.3 is 15.1 Å². The van der Waals surface area contributed by atoms with Crippen molar-refractivity contribution in [2.24, 2.45) is 5.92 Å². The van der Waals surface area contributed by atoms with E-state index in [4.69, 9.17) is 0 Å². The summed E-state index contributed by atoms with van der Waals surface area (Å²) in [5, 5.41) is 19.5. The molecule has 2 aromatic rings. The molecule has 3 rings (SSSR count). The van der Waals surface area contributed by atoms with Gasteiger partial charge in [0.05, 0.1) is 5.69 Å². The van der Waals surface area contributed by atoms with E-state index in [0.29, 0.717) is 12.0 Å². The van der Waals surface area contributed by atoms with Gasteiger partial charge in [-0.1, -0.05) is 43.9 Å². The number of aliphatic hydroxyl groups is 1. The molecule has 1 aromatic carbocycles. The van der Waals surface area contributed by atoms with Crippen LogP contribution < -0.4 is 0 Å². The Hall–Kier alpha value is -2.52. The van der Waals surface area contributed by atoms with E-state index in [1.54, 1.807) is 19.9 Å². The molecular formula is C24H27FNO5P. The summed E-state index contributed by atoms with van der Waals surface area (Å²) in [6.07, 6.45) is 3.04. The van der Waals surface area contributed by atoms with Gasteiger partial charge in [-0.3, -0.25) is 9.55 Å². The highest BCUT2D eigenvalue weighted by Gasteiger charge is 2.62. The fraction of sp³-hybridized carbons (Fsp3) is 0.417. The van der Waals surface area contributed by atoms with E-state index in [2.05, 4.69) is 16.8 Å². The number of aliphatic carboxylic acids is 1. The first kappa shape index (κ1) is 24.1. The summed E-state index contributed by atoms with van der Waals surface area (Å²) in [6, 6.07) is 8.45. The summed E-state index contributed by atoms with van der Waals surface area (Å²) in [6.45, 7) is 3.43. The Morgan fingerprint density at radius 2 is 1.84 bits per heavy atom. The molecule has 0 radical (unpaired) electrons. The van der Waals surface area contributed by atoms with Crippen LogP contribution in [-0.2, 0) is 34.2 Å². The van der Waals surface area contributed by atoms with Gasteiger partial charge in [-0.05, 0) is 55.0 Å². The molecule has 0 spiro atoms. The van der Waals surface area contributed by atoms with Crippen molar-refractivity contribution in [2.45, 2.75) is 56.7 Å². The van der Waals surface area contributed by atoms with Crippen molar-refractivity contribution < 1.29 is 28.9 Å². The van der Waals surface area contributed by atoms with Gasteiger partial charge in [0.25, 0.3) is 0 Å². The van der Waals surface area contributed by atoms with Crippen LogP contribution in [0.2, 0.25) is 0 Å². The number of fused-ring (bicyclic) bond motifs is 1. The van der Waals surface area contributed by atoms with Crippen LogP contribution >= 0.6 is 8.03 Å². The molecule has 170 valence electrons. The minimum absolute atomic E-state index is 0.0321. The number of nitrogens with zero attached hydrogens (tertiary/aromatic N) is 1. The van der Waals surface area contributed by atoms with Crippen LogP contribution in [-0.4, -0.2) is 31.2 Å². The van der Waals surface area contributed by atoms with E-state index in [-0.39, 0.29) is 18.0 Å². The fourth-order valence-electron chi connectivity index (χ4n) is 4.03. The molecule has 0 fully saturated rings. The number of benzene rings is 1. The number of carboxylic acid groups (broad SMARTS) is 1. The first-order valence-electron chi connectivity index (χ1n) is 10.6. The fourth-order valence-corrected chi connectivity index (χ4v) is 4.97. The zero-order chi connectivity index (χ0) is 23.5. The Labute approximate surface area is 187 Å². The van der Waals surface area contributed by atoms with Crippen LogP contribution in [0.15, 0.2) is 36.4 Å². The van der Waals surface area contributed by atoms with Crippen molar-refractivity contribution in [3.05, 3.63) is 64.7 Å². The van der Waals surface area contributed by atoms with E-state index < -0.39 is 30.6 Å². The van der Waals surface area contributed by atoms with Crippen LogP contribution in [0.4, 0.5) is 4.39 Å². The third-order valence-corrected chi connectivity index (χ3v) is 7.18. The number of carboxylic acids is 1. The molecule has 0 amide bonds. The first-order chi connectivity index (χ1) is 15.1. The molecule has 0 aliphatic heterocycles. The van der Waals surface area contributed by atoms with Crippen LogP contribution in [0.3, 0.4) is 0 Å². The second kappa shape index (κ2) is 9.54. The Balaban J connectivity index is 2.29. The number of aromatic nitrogens is 1. The molecule has 1 heterocycles. The number of halogens is 1. The molecular weight excluding hydrogens is 432 g/mol. The molecule has 8 heteroatoms. The lowest BCUT2D eigenvalue weighted by Gasteiger charge is -2.39. The molecule has 0 saturated carbocycles. The monoisotopic (exact) mass is 459 g/mol. The lowest BCUT2D eigenvalue weighted by Crippen LogP contribution is -2.56. The summed E-state index contributed by atoms with van der Waals surface area (Å²) in [5.41, 5.74) is -0.338. The summed E-state index contributed by atoms with van der Waals surface area (Å²) in [4.78, 5) is 27.4. The van der Waals surface area contributed by atoms with E-state index in [1.807, 2.05) is 0 Å². The Kier molecular flexibility index (Phi) is 7.19. The van der Waals surface area contributed by atoms with Crippen molar-refractivity contribution in [2.75, 3.05) is 0 Å². The van der Waals surface area contributed by atoms with Gasteiger partial charge >= 0.3 is 5.97 Å². The van der Waals surface area contributed by atoms with Gasteiger partial charge in [-0.25, -0.2) is 9.18 Å². The van der Waals surface area contributed by atoms with E-state index in [1.165, 1.54) is 30.3 Å². The molecule has 0 bridgehead atoms. The number of aryl methyl sites for hydroxylation is 2. The predicted molar refractivity (Wildman–Crippen MR) is 119 cm³/mol. The normalized spacial score (nSPS) is 17.9. The molecule has 3 N–H and O–H groups in total. The lowest BCUT2D eigenvalue weighted by atomic mass is 9.77. The van der Waals surface area contributed by atoms with Gasteiger partial charge in [-0.15, -0.1) is 0 Å². The smallest absolute Gasteiger partial charge is 0.335 e. The SMILES string of the molecule is CC(C)C#CC(C(=O)O)([PH](=O)O)C(O)(Cc1ccc(F)cc1)c1ccc2c(n1)CCCC2. The minimum Gasteiger partial charge on any atom is -0.480 e. The van der Waals surface area contributed by atoms with Crippen molar-refractivity contribution in [1.29, 1.82) is 0 Å². The molecule has 3 unspecified atom stereocenters. The minimum atomic E-state index is -3.97. The molecule has 6 nitrogen and oxygen atoms in total. The highest BCUT2D eigenvalue weighted by molar-refractivity contribution is 7.42. The number of carbonyl (C=O) groups is 1. The average molecular weight is 459 g/mol. The maximum absolute atomic E-state index is 13.5. The quantitative estimate of drug-likeness (QED) is 0.451. The Morgan fingerprint density at radius 3 is 2.44 bits per heavy atom. The van der Waals surface area contributed by atoms with E-state index in [0.717, 1.165) is 30.5 Å². The summed E-state index contributed by atoms with van der Waals surface area (Å²) in [7, 11) is -3.97. The summed E-state index contributed by atoms with van der Waals surface area (Å²) in [5.74, 6) is 2.61. The largest absolute Gasteiger partial charge is 0.480 e. The zero-order valence-electron chi connectivity index (χ0n) is 18.1. The third kappa shape index (κ3) is 4.49. The number of hydrogen-bond donors (Lipinski definition) is 3. The lowest BCUT2D eigenvalue weighted by molar-refractivity contribution is -0.146. The van der Waals surface area contributed by atoms with Gasteiger partial charge in [0.15, 0.2) is 0 Å². The second-order valence-electron chi connectivity index (χ2n) is 8.46. The summed E-state index contributed by atoms with van der Waals surface area (Å²) < 4.78 is 26.1. The van der Waals surface area contributed by atoms with Crippen LogP contribution in [0.25, 0.3) is 0 Å². The van der Waals surface area contributed by atoms with Gasteiger partial charge in [0.1, 0.15) is 11.4 Å². The Morgan fingerprint density at radius 1 is 1.19 bits per heavy atom. The van der Waals surface area contributed by atoms with Gasteiger partial charge in [0.2, 0.25) is 13.2 Å². The number of rotatable bonds is 6. The number of pyridine rings is 1. The van der Waals surface area contributed by atoms with Crippen LogP contribution in [0.1, 0.15) is 49.2 Å². The van der Waals surface area contributed by atoms with Crippen molar-refractivity contribution in [1.82, 2.24) is 4.98 Å². The second-order valence-corrected chi connectivity index (χ2v) is 9.82. The first-order valence-corrected chi connectivity index (χ1v) is 11.9. The van der Waals surface area contributed by atoms with Crippen molar-refractivity contribution >= 4 is 14.0 Å². The molecule has 1 aliphatic carbocycles. The molecule has 32 heavy (non-hydrogen) atoms. The highest BCUT2D eigenvalue weighted by atomic mass is 31.1. The van der Waals surface area contributed by atoms with Crippen molar-refractivity contribution in [3.63, 3.8) is 0 Å². The predicted octanol–water partition coefficient (Wildman–Crippen LogP) is 3.48. The maximum atomic E-state index is 13.5. The van der Waals surface area contributed by atoms with Gasteiger partial charge in [0, 0.05) is 18.0 Å². The Bertz CT molecular complexity index is 1080. The highest BCUT2D eigenvalue weighted by Crippen LogP contribution is 2.50. The maximum Gasteiger partial charge on any atom is 0.335 e. The molecule has 1 aromatic heterocycles. The topological polar surface area (TPSA) is 108 Å². The molecule has 0 saturated heterocycles. The summed E-state index contributed by atoms with van der Waals surface area (Å²) >= 11 is 0. The molecule has 3 atom stereocenters. The van der Waals surface area contributed by atoms with Crippen molar-refractivity contribution in [3.8, 4) is 11.8 Å². The van der Waals surface area contributed by atoms with E-state index in [9.17, 15) is 28.9 Å². The standard InChI is InChI=1S/C24H27FNO5P/c1-16(2)13-14-24(22(27)28,32(30)31)23(29,15-17-7-10-19(25)11-8-17)21-12-9-18-5-3-4-6-20(18)26-21/h7-12,16,29,32H,3-6,15H2,1-2H3,(H,27,28)(H,30,31). The van der Waals surface area contributed by atoms with Gasteiger partial charge in [-0.2, -0.15) is 0 Å². The van der Waals surface area contributed by atoms with Crippen LogP contribution in [0, 0.1) is 23.6 Å².